The van der Waals surface area contributed by atoms with Gasteiger partial charge >= 0.3 is 0 Å². The minimum absolute atomic E-state index is 0.624. The highest BCUT2D eigenvalue weighted by Crippen LogP contribution is 2.43. The molecule has 3 nitrogen and oxygen atoms in total. The molecule has 0 N–H and O–H groups in total. The van der Waals surface area contributed by atoms with Gasteiger partial charge in [0.1, 0.15) is 5.52 Å². The summed E-state index contributed by atoms with van der Waals surface area (Å²) in [5.41, 5.74) is 22.6. The quantitative estimate of drug-likeness (QED) is 0.145. The van der Waals surface area contributed by atoms with Crippen molar-refractivity contribution in [3.63, 3.8) is 0 Å². The SMILES string of the molecule is c1ccc(-c2ccccc2-c2ccc3c(c2)c2cc(-c4ccccc4-c4ccccc4)ccc2n3-c2ccc(-c3ccccc3-c3ccccc3-c3ccc(-c4nc5ccccc5o4)cc3)cc2)cc1. The van der Waals surface area contributed by atoms with Crippen LogP contribution < -0.4 is 0 Å². The van der Waals surface area contributed by atoms with Gasteiger partial charge in [-0.2, -0.15) is 0 Å². The zero-order valence-electron chi connectivity index (χ0n) is 38.2. The van der Waals surface area contributed by atoms with Crippen LogP contribution in [0.15, 0.2) is 271 Å². The first kappa shape index (κ1) is 40.9. The molecule has 0 saturated heterocycles. The summed E-state index contributed by atoms with van der Waals surface area (Å²) in [6, 6.07) is 95.9. The summed E-state index contributed by atoms with van der Waals surface area (Å²) in [5, 5.41) is 2.42. The Balaban J connectivity index is 0.909. The molecule has 70 heavy (non-hydrogen) atoms. The molecule has 0 fully saturated rings. The van der Waals surface area contributed by atoms with E-state index in [2.05, 4.69) is 247 Å². The van der Waals surface area contributed by atoms with E-state index < -0.39 is 0 Å². The molecule has 0 atom stereocenters. The highest BCUT2D eigenvalue weighted by molar-refractivity contribution is 6.12. The number of nitrogens with zero attached hydrogens (tertiary/aromatic N) is 2. The van der Waals surface area contributed by atoms with Crippen LogP contribution in [-0.4, -0.2) is 9.55 Å². The average Bonchev–Trinajstić information content (AvgIpc) is 4.03. The molecule has 0 aliphatic rings. The fourth-order valence-corrected chi connectivity index (χ4v) is 10.4. The standard InChI is InChI=1S/C67H44N2O/c1-3-17-45(18-4-1)53-21-7-9-25-57(53)50-37-41-64-61(43-50)62-44-51(58-26-10-8-22-54(58)46-19-5-2-6-20-46)38-42-65(62)69(64)52-39-35-48(36-40-52)56-24-12-14-28-60(56)59-27-13-11-23-55(59)47-31-33-49(34-32-47)67-68-63-29-15-16-30-66(63)70-67/h1-44H. The van der Waals surface area contributed by atoms with Crippen LogP contribution in [0.1, 0.15) is 0 Å². The Bertz CT molecular complexity index is 3860. The maximum absolute atomic E-state index is 6.10. The van der Waals surface area contributed by atoms with Gasteiger partial charge in [0, 0.05) is 22.0 Å². The predicted octanol–water partition coefficient (Wildman–Crippen LogP) is 18.3. The van der Waals surface area contributed by atoms with Crippen LogP contribution >= 0.6 is 0 Å². The van der Waals surface area contributed by atoms with Crippen molar-refractivity contribution < 1.29 is 4.42 Å². The normalized spacial score (nSPS) is 11.4. The number of rotatable bonds is 9. The smallest absolute Gasteiger partial charge is 0.227 e. The summed E-state index contributed by atoms with van der Waals surface area (Å²) in [4.78, 5) is 4.73. The maximum atomic E-state index is 6.10. The van der Waals surface area contributed by atoms with E-state index in [0.717, 1.165) is 50.1 Å². The van der Waals surface area contributed by atoms with E-state index in [9.17, 15) is 0 Å². The first-order valence-electron chi connectivity index (χ1n) is 23.9. The van der Waals surface area contributed by atoms with E-state index in [1.807, 2.05) is 24.3 Å². The Morgan fingerprint density at radius 1 is 0.271 bits per heavy atom. The summed E-state index contributed by atoms with van der Waals surface area (Å²) in [5.74, 6) is 0.624. The van der Waals surface area contributed by atoms with Gasteiger partial charge in [0.25, 0.3) is 0 Å². The third-order valence-electron chi connectivity index (χ3n) is 13.7. The summed E-state index contributed by atoms with van der Waals surface area (Å²) in [6.07, 6.45) is 0. The number of para-hydroxylation sites is 2. The molecule has 11 aromatic carbocycles. The van der Waals surface area contributed by atoms with E-state index in [1.54, 1.807) is 0 Å². The largest absolute Gasteiger partial charge is 0.436 e. The van der Waals surface area contributed by atoms with Gasteiger partial charge in [-0.3, -0.25) is 0 Å². The molecule has 3 heteroatoms. The van der Waals surface area contributed by atoms with Crippen LogP contribution in [0.5, 0.6) is 0 Å². The van der Waals surface area contributed by atoms with Crippen LogP contribution in [0.25, 0.3) is 128 Å². The first-order chi connectivity index (χ1) is 34.7. The number of benzene rings is 11. The van der Waals surface area contributed by atoms with E-state index in [4.69, 9.17) is 9.40 Å². The minimum Gasteiger partial charge on any atom is -0.436 e. The summed E-state index contributed by atoms with van der Waals surface area (Å²) < 4.78 is 8.53. The van der Waals surface area contributed by atoms with Crippen molar-refractivity contribution in [1.29, 1.82) is 0 Å². The van der Waals surface area contributed by atoms with Crippen LogP contribution in [-0.2, 0) is 0 Å². The van der Waals surface area contributed by atoms with Gasteiger partial charge in [-0.25, -0.2) is 4.98 Å². The predicted molar refractivity (Wildman–Crippen MR) is 292 cm³/mol. The second-order valence-corrected chi connectivity index (χ2v) is 17.8. The second-order valence-electron chi connectivity index (χ2n) is 17.8. The van der Waals surface area contributed by atoms with Crippen molar-refractivity contribution >= 4 is 32.9 Å². The topological polar surface area (TPSA) is 31.0 Å². The molecule has 13 aromatic rings. The van der Waals surface area contributed by atoms with E-state index in [1.165, 1.54) is 72.0 Å². The zero-order chi connectivity index (χ0) is 46.4. The molecule has 0 radical (unpaired) electrons. The monoisotopic (exact) mass is 892 g/mol. The third-order valence-corrected chi connectivity index (χ3v) is 13.7. The Hall–Kier alpha value is -9.31. The number of hydrogen-bond donors (Lipinski definition) is 0. The molecule has 0 unspecified atom stereocenters. The van der Waals surface area contributed by atoms with Gasteiger partial charge in [-0.1, -0.05) is 206 Å². The highest BCUT2D eigenvalue weighted by atomic mass is 16.3. The van der Waals surface area contributed by atoms with Crippen molar-refractivity contribution in [1.82, 2.24) is 9.55 Å². The highest BCUT2D eigenvalue weighted by Gasteiger charge is 2.19. The summed E-state index contributed by atoms with van der Waals surface area (Å²) >= 11 is 0. The Kier molecular flexibility index (Phi) is 10.2. The van der Waals surface area contributed by atoms with Crippen molar-refractivity contribution in [3.8, 4) is 95.0 Å². The van der Waals surface area contributed by atoms with Gasteiger partial charge in [0.2, 0.25) is 5.89 Å². The molecule has 0 spiro atoms. The number of hydrogen-bond acceptors (Lipinski definition) is 2. The van der Waals surface area contributed by atoms with Gasteiger partial charge in [-0.05, 0) is 139 Å². The van der Waals surface area contributed by atoms with Gasteiger partial charge in [-0.15, -0.1) is 0 Å². The molecule has 0 saturated carbocycles. The Morgan fingerprint density at radius 3 is 1.09 bits per heavy atom. The lowest BCUT2D eigenvalue weighted by molar-refractivity contribution is 0.620. The van der Waals surface area contributed by atoms with E-state index in [0.29, 0.717) is 5.89 Å². The van der Waals surface area contributed by atoms with E-state index >= 15 is 0 Å². The molecule has 0 aliphatic carbocycles. The summed E-state index contributed by atoms with van der Waals surface area (Å²) in [7, 11) is 0. The van der Waals surface area contributed by atoms with Crippen molar-refractivity contribution in [3.05, 3.63) is 267 Å². The maximum Gasteiger partial charge on any atom is 0.227 e. The molecule has 0 aliphatic heterocycles. The van der Waals surface area contributed by atoms with Gasteiger partial charge in [0.15, 0.2) is 5.58 Å². The number of aromatic nitrogens is 2. The van der Waals surface area contributed by atoms with E-state index in [-0.39, 0.29) is 0 Å². The minimum atomic E-state index is 0.624. The molecule has 2 heterocycles. The first-order valence-corrected chi connectivity index (χ1v) is 23.9. The number of fused-ring (bicyclic) bond motifs is 4. The molecular weight excluding hydrogens is 849 g/mol. The fourth-order valence-electron chi connectivity index (χ4n) is 10.4. The van der Waals surface area contributed by atoms with Crippen LogP contribution in [0.2, 0.25) is 0 Å². The average molecular weight is 893 g/mol. The number of oxazole rings is 1. The molecule has 13 rings (SSSR count). The van der Waals surface area contributed by atoms with Crippen LogP contribution in [0.3, 0.4) is 0 Å². The Morgan fingerprint density at radius 2 is 0.614 bits per heavy atom. The third kappa shape index (κ3) is 7.29. The van der Waals surface area contributed by atoms with Crippen LogP contribution in [0, 0.1) is 0 Å². The summed E-state index contributed by atoms with van der Waals surface area (Å²) in [6.45, 7) is 0. The van der Waals surface area contributed by atoms with Crippen LogP contribution in [0.4, 0.5) is 0 Å². The molecular formula is C67H44N2O. The van der Waals surface area contributed by atoms with Crippen molar-refractivity contribution in [2.75, 3.05) is 0 Å². The second kappa shape index (κ2) is 17.4. The Labute approximate surface area is 406 Å². The molecule has 2 aromatic heterocycles. The van der Waals surface area contributed by atoms with Crippen molar-refractivity contribution in [2.24, 2.45) is 0 Å². The lowest BCUT2D eigenvalue weighted by Crippen LogP contribution is -1.95. The zero-order valence-corrected chi connectivity index (χ0v) is 38.2. The van der Waals surface area contributed by atoms with Crippen molar-refractivity contribution in [2.45, 2.75) is 0 Å². The molecule has 0 amide bonds. The van der Waals surface area contributed by atoms with Gasteiger partial charge < -0.3 is 8.98 Å². The lowest BCUT2D eigenvalue weighted by atomic mass is 9.89. The molecule has 0 bridgehead atoms. The van der Waals surface area contributed by atoms with Gasteiger partial charge in [0.05, 0.1) is 11.0 Å². The lowest BCUT2D eigenvalue weighted by Gasteiger charge is -2.16. The fraction of sp³-hybridized carbons (Fsp3) is 0. The molecule has 328 valence electrons.